The lowest BCUT2D eigenvalue weighted by Crippen LogP contribution is -2.44. The predicted octanol–water partition coefficient (Wildman–Crippen LogP) is 3.34. The summed E-state index contributed by atoms with van der Waals surface area (Å²) >= 11 is 1.01. The molecule has 7 heteroatoms. The van der Waals surface area contributed by atoms with Crippen molar-refractivity contribution in [1.82, 2.24) is 5.32 Å². The Morgan fingerprint density at radius 3 is 2.38 bits per heavy atom. The van der Waals surface area contributed by atoms with Crippen LogP contribution in [0.15, 0.2) is 30.3 Å². The van der Waals surface area contributed by atoms with Gasteiger partial charge in [-0.2, -0.15) is 0 Å². The van der Waals surface area contributed by atoms with Crippen molar-refractivity contribution < 1.29 is 23.9 Å². The number of hydrogen-bond acceptors (Lipinski definition) is 6. The van der Waals surface area contributed by atoms with Crippen LogP contribution < -0.4 is 5.32 Å². The van der Waals surface area contributed by atoms with Gasteiger partial charge in [-0.15, -0.1) is 0 Å². The summed E-state index contributed by atoms with van der Waals surface area (Å²) in [4.78, 5) is 36.0. The molecule has 0 fully saturated rings. The van der Waals surface area contributed by atoms with Crippen molar-refractivity contribution in [2.75, 3.05) is 12.4 Å². The molecule has 0 heterocycles. The lowest BCUT2D eigenvalue weighted by molar-refractivity contribution is -0.142. The van der Waals surface area contributed by atoms with Crippen LogP contribution in [0.2, 0.25) is 0 Å². The number of hydrogen-bond donors (Lipinski definition) is 1. The van der Waals surface area contributed by atoms with Gasteiger partial charge in [0.2, 0.25) is 5.12 Å². The van der Waals surface area contributed by atoms with Crippen molar-refractivity contribution in [1.29, 1.82) is 0 Å². The fourth-order valence-electron chi connectivity index (χ4n) is 2.06. The van der Waals surface area contributed by atoms with Gasteiger partial charge in [-0.25, -0.2) is 4.79 Å². The normalized spacial score (nSPS) is 12.2. The zero-order chi connectivity index (χ0) is 19.6. The van der Waals surface area contributed by atoms with Crippen molar-refractivity contribution in [2.24, 2.45) is 0 Å². The van der Waals surface area contributed by atoms with Gasteiger partial charge < -0.3 is 14.8 Å². The predicted molar refractivity (Wildman–Crippen MR) is 102 cm³/mol. The topological polar surface area (TPSA) is 81.7 Å². The summed E-state index contributed by atoms with van der Waals surface area (Å²) in [6.07, 6.45) is -0.141. The number of benzene rings is 1. The van der Waals surface area contributed by atoms with E-state index in [9.17, 15) is 14.4 Å². The Labute approximate surface area is 159 Å². The molecule has 0 saturated heterocycles. The van der Waals surface area contributed by atoms with Gasteiger partial charge in [0.05, 0.1) is 13.0 Å². The summed E-state index contributed by atoms with van der Waals surface area (Å²) in [6.45, 7) is 7.32. The lowest BCUT2D eigenvalue weighted by atomic mass is 10.1. The molecule has 1 rings (SSSR count). The van der Waals surface area contributed by atoms with Crippen LogP contribution in [0.4, 0.5) is 4.79 Å². The monoisotopic (exact) mass is 381 g/mol. The smallest absolute Gasteiger partial charge is 0.408 e. The van der Waals surface area contributed by atoms with E-state index in [-0.39, 0.29) is 17.5 Å². The molecule has 6 nitrogen and oxygen atoms in total. The minimum Gasteiger partial charge on any atom is -0.466 e. The fourth-order valence-corrected chi connectivity index (χ4v) is 2.87. The molecule has 0 aromatic heterocycles. The summed E-state index contributed by atoms with van der Waals surface area (Å²) < 4.78 is 10.1. The van der Waals surface area contributed by atoms with Gasteiger partial charge >= 0.3 is 12.1 Å². The first-order valence-electron chi connectivity index (χ1n) is 8.57. The first kappa shape index (κ1) is 22.0. The zero-order valence-electron chi connectivity index (χ0n) is 15.7. The van der Waals surface area contributed by atoms with Crippen LogP contribution in [0.1, 0.15) is 39.7 Å². The number of carbonyl (C=O) groups excluding carboxylic acids is 3. The van der Waals surface area contributed by atoms with E-state index in [1.165, 1.54) is 0 Å². The van der Waals surface area contributed by atoms with Crippen molar-refractivity contribution in [2.45, 2.75) is 52.2 Å². The second-order valence-electron chi connectivity index (χ2n) is 6.61. The van der Waals surface area contributed by atoms with Crippen LogP contribution in [0.5, 0.6) is 0 Å². The summed E-state index contributed by atoms with van der Waals surface area (Å²) in [5.74, 6) is -0.0357. The highest BCUT2D eigenvalue weighted by molar-refractivity contribution is 8.13. The maximum Gasteiger partial charge on any atom is 0.408 e. The molecule has 1 N–H and O–H groups in total. The molecule has 0 bridgehead atoms. The minimum atomic E-state index is -0.737. The molecule has 1 aromatic rings. The number of amides is 1. The molecule has 0 radical (unpaired) electrons. The molecule has 0 unspecified atom stereocenters. The highest BCUT2D eigenvalue weighted by Crippen LogP contribution is 2.14. The Kier molecular flexibility index (Phi) is 9.19. The number of ether oxygens (including phenoxy) is 2. The molecule has 0 aliphatic rings. The van der Waals surface area contributed by atoms with Crippen LogP contribution in [0.25, 0.3) is 0 Å². The average molecular weight is 381 g/mol. The van der Waals surface area contributed by atoms with E-state index in [1.54, 1.807) is 27.7 Å². The summed E-state index contributed by atoms with van der Waals surface area (Å²) in [7, 11) is 0. The Morgan fingerprint density at radius 1 is 1.15 bits per heavy atom. The molecule has 0 saturated carbocycles. The van der Waals surface area contributed by atoms with Crippen molar-refractivity contribution >= 4 is 28.9 Å². The van der Waals surface area contributed by atoms with Crippen LogP contribution >= 0.6 is 11.8 Å². The van der Waals surface area contributed by atoms with E-state index >= 15 is 0 Å². The second-order valence-corrected chi connectivity index (χ2v) is 7.71. The quantitative estimate of drug-likeness (QED) is 0.696. The van der Waals surface area contributed by atoms with Gasteiger partial charge in [-0.1, -0.05) is 42.1 Å². The van der Waals surface area contributed by atoms with Gasteiger partial charge in [0.15, 0.2) is 0 Å². The Bertz CT molecular complexity index is 598. The lowest BCUT2D eigenvalue weighted by Gasteiger charge is -2.23. The molecule has 0 aliphatic heterocycles. The summed E-state index contributed by atoms with van der Waals surface area (Å²) in [5, 5.41) is 2.42. The summed E-state index contributed by atoms with van der Waals surface area (Å²) in [6, 6.07) is 8.67. The van der Waals surface area contributed by atoms with Gasteiger partial charge in [0.25, 0.3) is 0 Å². The van der Waals surface area contributed by atoms with E-state index in [0.29, 0.717) is 18.8 Å². The van der Waals surface area contributed by atoms with E-state index in [4.69, 9.17) is 9.47 Å². The molecule has 0 aliphatic carbocycles. The molecule has 26 heavy (non-hydrogen) atoms. The van der Waals surface area contributed by atoms with Gasteiger partial charge in [0.1, 0.15) is 11.6 Å². The van der Waals surface area contributed by atoms with Gasteiger partial charge in [-0.05, 0) is 33.3 Å². The largest absolute Gasteiger partial charge is 0.466 e. The highest BCUT2D eigenvalue weighted by atomic mass is 32.2. The summed E-state index contributed by atoms with van der Waals surface area (Å²) in [5.41, 5.74) is 0.273. The molecular formula is C19H27NO5S. The van der Waals surface area contributed by atoms with E-state index in [1.807, 2.05) is 30.3 Å². The number of rotatable bonds is 8. The molecule has 1 atom stereocenters. The zero-order valence-corrected chi connectivity index (χ0v) is 16.6. The number of carbonyl (C=O) groups is 3. The molecule has 0 spiro atoms. The van der Waals surface area contributed by atoms with Crippen LogP contribution in [-0.4, -0.2) is 41.2 Å². The van der Waals surface area contributed by atoms with Crippen molar-refractivity contribution in [3.63, 3.8) is 0 Å². The Balaban J connectivity index is 2.68. The third kappa shape index (κ3) is 9.46. The van der Waals surface area contributed by atoms with Crippen LogP contribution in [-0.2, 0) is 25.5 Å². The first-order valence-corrected chi connectivity index (χ1v) is 9.55. The number of nitrogens with one attached hydrogen (secondary N) is 1. The maximum atomic E-state index is 12.5. The van der Waals surface area contributed by atoms with Crippen LogP contribution in [0.3, 0.4) is 0 Å². The standard InChI is InChI=1S/C19H27NO5S/c1-5-24-16(21)11-12-26-17(22)15(13-14-9-7-6-8-10-14)20-18(23)25-19(2,3)4/h6-10,15H,5,11-13H2,1-4H3,(H,20,23)/t15-/m0/s1. The van der Waals surface area contributed by atoms with Gasteiger partial charge in [0, 0.05) is 12.2 Å². The van der Waals surface area contributed by atoms with Crippen molar-refractivity contribution in [3.8, 4) is 0 Å². The van der Waals surface area contributed by atoms with E-state index < -0.39 is 17.7 Å². The highest BCUT2D eigenvalue weighted by Gasteiger charge is 2.25. The number of thioether (sulfide) groups is 1. The Hall–Kier alpha value is -2.02. The third-order valence-corrected chi connectivity index (χ3v) is 4.09. The molecule has 144 valence electrons. The van der Waals surface area contributed by atoms with Crippen LogP contribution in [0, 0.1) is 0 Å². The van der Waals surface area contributed by atoms with Crippen molar-refractivity contribution in [3.05, 3.63) is 35.9 Å². The minimum absolute atomic E-state index is 0.148. The van der Waals surface area contributed by atoms with E-state index in [0.717, 1.165) is 17.3 Å². The molecule has 1 amide bonds. The van der Waals surface area contributed by atoms with E-state index in [2.05, 4.69) is 5.32 Å². The molecule has 1 aromatic carbocycles. The second kappa shape index (κ2) is 10.9. The third-order valence-electron chi connectivity index (χ3n) is 3.11. The SMILES string of the molecule is CCOC(=O)CCSC(=O)[C@H](Cc1ccccc1)NC(=O)OC(C)(C)C. The Morgan fingerprint density at radius 2 is 1.81 bits per heavy atom. The average Bonchev–Trinajstić information content (AvgIpc) is 2.53. The maximum absolute atomic E-state index is 12.5. The fraction of sp³-hybridized carbons (Fsp3) is 0.526. The van der Waals surface area contributed by atoms with Gasteiger partial charge in [-0.3, -0.25) is 9.59 Å². The molecular weight excluding hydrogens is 354 g/mol. The number of alkyl carbamates (subject to hydrolysis) is 1. The number of esters is 1. The first-order chi connectivity index (χ1) is 12.2.